The fourth-order valence-electron chi connectivity index (χ4n) is 4.43. The first-order valence-corrected chi connectivity index (χ1v) is 13.5. The van der Waals surface area contributed by atoms with E-state index in [1.165, 1.54) is 8.99 Å². The normalized spacial score (nSPS) is 22.2. The van der Waals surface area contributed by atoms with Crippen LogP contribution in [-0.4, -0.2) is 71.2 Å². The van der Waals surface area contributed by atoms with Crippen molar-refractivity contribution in [2.24, 2.45) is 0 Å². The Morgan fingerprint density at radius 2 is 1.91 bits per heavy atom. The number of aliphatic hydroxyl groups excluding tert-OH is 1. The summed E-state index contributed by atoms with van der Waals surface area (Å²) >= 11 is 6.12. The average Bonchev–Trinajstić information content (AvgIpc) is 2.80. The second-order valence-corrected chi connectivity index (χ2v) is 12.0. The molecule has 1 saturated carbocycles. The highest BCUT2D eigenvalue weighted by Crippen LogP contribution is 2.30. The van der Waals surface area contributed by atoms with Gasteiger partial charge >= 0.3 is 5.56 Å². The number of benzene rings is 1. The summed E-state index contributed by atoms with van der Waals surface area (Å²) in [6.07, 6.45) is 3.60. The van der Waals surface area contributed by atoms with Crippen LogP contribution in [0.2, 0.25) is 5.02 Å². The van der Waals surface area contributed by atoms with Gasteiger partial charge in [0.15, 0.2) is 0 Å². The summed E-state index contributed by atoms with van der Waals surface area (Å²) in [5.74, 6) is 0.161. The summed E-state index contributed by atoms with van der Waals surface area (Å²) in [7, 11) is -3.35. The van der Waals surface area contributed by atoms with Crippen LogP contribution >= 0.6 is 11.6 Å². The molecule has 9 nitrogen and oxygen atoms in total. The molecule has 0 radical (unpaired) electrons. The Kier molecular flexibility index (Phi) is 7.51. The van der Waals surface area contributed by atoms with Gasteiger partial charge in [0, 0.05) is 37.6 Å². The number of nitrogens with zero attached hydrogens (tertiary/aromatic N) is 4. The molecule has 2 aliphatic rings. The molecule has 1 aliphatic carbocycles. The van der Waals surface area contributed by atoms with E-state index in [2.05, 4.69) is 5.10 Å². The van der Waals surface area contributed by atoms with Gasteiger partial charge in [-0.05, 0) is 51.3 Å². The average molecular weight is 511 g/mol. The van der Waals surface area contributed by atoms with E-state index in [1.807, 2.05) is 4.90 Å². The Morgan fingerprint density at radius 1 is 1.18 bits per heavy atom. The molecule has 11 heteroatoms. The maximum absolute atomic E-state index is 13.5. The molecule has 0 amide bonds. The van der Waals surface area contributed by atoms with E-state index < -0.39 is 26.9 Å². The van der Waals surface area contributed by atoms with E-state index in [9.17, 15) is 18.3 Å². The molecule has 34 heavy (non-hydrogen) atoms. The van der Waals surface area contributed by atoms with E-state index in [-0.39, 0.29) is 11.9 Å². The van der Waals surface area contributed by atoms with Crippen LogP contribution in [0.15, 0.2) is 35.3 Å². The van der Waals surface area contributed by atoms with Gasteiger partial charge < -0.3 is 14.7 Å². The van der Waals surface area contributed by atoms with E-state index >= 15 is 0 Å². The monoisotopic (exact) mass is 510 g/mol. The third-order valence-corrected chi connectivity index (χ3v) is 8.90. The van der Waals surface area contributed by atoms with Gasteiger partial charge in [-0.15, -0.1) is 0 Å². The summed E-state index contributed by atoms with van der Waals surface area (Å²) in [5.41, 5.74) is 0.632. The minimum Gasteiger partial charge on any atom is -0.483 e. The minimum atomic E-state index is -3.35. The largest absolute Gasteiger partial charge is 0.483 e. The lowest BCUT2D eigenvalue weighted by molar-refractivity contribution is 0.0528. The molecule has 0 bridgehead atoms. The molecule has 1 aromatic carbocycles. The number of piperazine rings is 1. The number of anilines is 1. The molecule has 1 saturated heterocycles. The van der Waals surface area contributed by atoms with E-state index in [1.54, 1.807) is 44.3 Å². The maximum atomic E-state index is 13.5. The van der Waals surface area contributed by atoms with E-state index in [0.717, 1.165) is 19.3 Å². The smallest absolute Gasteiger partial charge is 0.316 e. The molecule has 1 aromatic heterocycles. The third-order valence-electron chi connectivity index (χ3n) is 6.39. The molecule has 0 spiro atoms. The van der Waals surface area contributed by atoms with Crippen LogP contribution in [0.3, 0.4) is 0 Å². The quantitative estimate of drug-likeness (QED) is 0.636. The zero-order chi connectivity index (χ0) is 24.5. The van der Waals surface area contributed by atoms with Crippen molar-refractivity contribution in [1.82, 2.24) is 14.1 Å². The van der Waals surface area contributed by atoms with Gasteiger partial charge in [-0.1, -0.05) is 17.7 Å². The molecule has 186 valence electrons. The summed E-state index contributed by atoms with van der Waals surface area (Å²) in [4.78, 5) is 15.5. The summed E-state index contributed by atoms with van der Waals surface area (Å²) < 4.78 is 34.1. The third kappa shape index (κ3) is 5.25. The van der Waals surface area contributed by atoms with Gasteiger partial charge in [0.1, 0.15) is 11.8 Å². The van der Waals surface area contributed by atoms with Gasteiger partial charge in [0.25, 0.3) is 0 Å². The Morgan fingerprint density at radius 3 is 2.56 bits per heavy atom. The Balaban J connectivity index is 1.66. The number of aliphatic hydroxyl groups is 1. The van der Waals surface area contributed by atoms with Gasteiger partial charge in [0.2, 0.25) is 15.8 Å². The van der Waals surface area contributed by atoms with Gasteiger partial charge in [0.05, 0.1) is 23.2 Å². The lowest BCUT2D eigenvalue weighted by Gasteiger charge is -2.37. The molecular formula is C23H31ClN4O5S. The van der Waals surface area contributed by atoms with Crippen molar-refractivity contribution in [3.05, 3.63) is 45.8 Å². The molecule has 4 rings (SSSR count). The van der Waals surface area contributed by atoms with Crippen molar-refractivity contribution in [3.63, 3.8) is 0 Å². The number of hydrogen-bond donors (Lipinski definition) is 1. The van der Waals surface area contributed by atoms with Crippen LogP contribution in [0, 0.1) is 0 Å². The number of rotatable bonds is 6. The Bertz CT molecular complexity index is 1180. The van der Waals surface area contributed by atoms with Gasteiger partial charge in [-0.2, -0.15) is 14.1 Å². The Labute approximate surface area is 204 Å². The van der Waals surface area contributed by atoms with Crippen molar-refractivity contribution in [2.45, 2.75) is 57.0 Å². The lowest BCUT2D eigenvalue weighted by atomic mass is 9.95. The second-order valence-electron chi connectivity index (χ2n) is 9.10. The highest BCUT2D eigenvalue weighted by Gasteiger charge is 2.32. The molecule has 2 fully saturated rings. The summed E-state index contributed by atoms with van der Waals surface area (Å²) in [6, 6.07) is 6.85. The van der Waals surface area contributed by atoms with Gasteiger partial charge in [-0.25, -0.2) is 8.42 Å². The predicted molar refractivity (Wildman–Crippen MR) is 132 cm³/mol. The molecule has 1 N–H and O–H groups in total. The standard InChI is InChI=1S/C23H31ClN4O5S/c1-16(2)34(31,32)27-11-9-26(10-12-27)21-15-25-28(18-6-3-5-17(24)13-18)23(30)22(21)33-20-8-4-7-19(29)14-20/h3,5-6,13,15-16,19-20,29H,4,7-12,14H2,1-2H3. The van der Waals surface area contributed by atoms with E-state index in [0.29, 0.717) is 49.0 Å². The van der Waals surface area contributed by atoms with Crippen LogP contribution in [0.4, 0.5) is 5.69 Å². The highest BCUT2D eigenvalue weighted by atomic mass is 35.5. The van der Waals surface area contributed by atoms with Crippen molar-refractivity contribution < 1.29 is 18.3 Å². The minimum absolute atomic E-state index is 0.161. The number of aromatic nitrogens is 2. The summed E-state index contributed by atoms with van der Waals surface area (Å²) in [6.45, 7) is 4.81. The topological polar surface area (TPSA) is 105 Å². The van der Waals surface area contributed by atoms with Crippen molar-refractivity contribution in [1.29, 1.82) is 0 Å². The van der Waals surface area contributed by atoms with Crippen LogP contribution in [0.25, 0.3) is 5.69 Å². The lowest BCUT2D eigenvalue weighted by Crippen LogP contribution is -2.50. The zero-order valence-electron chi connectivity index (χ0n) is 19.4. The maximum Gasteiger partial charge on any atom is 0.316 e. The fourth-order valence-corrected chi connectivity index (χ4v) is 5.89. The van der Waals surface area contributed by atoms with Crippen molar-refractivity contribution in [3.8, 4) is 11.4 Å². The number of halogens is 1. The van der Waals surface area contributed by atoms with Crippen molar-refractivity contribution in [2.75, 3.05) is 31.1 Å². The predicted octanol–water partition coefficient (Wildman–Crippen LogP) is 2.43. The molecule has 2 aromatic rings. The summed E-state index contributed by atoms with van der Waals surface area (Å²) in [5, 5.41) is 14.5. The van der Waals surface area contributed by atoms with Crippen molar-refractivity contribution >= 4 is 27.3 Å². The van der Waals surface area contributed by atoms with Crippen LogP contribution in [0.5, 0.6) is 5.75 Å². The van der Waals surface area contributed by atoms with Crippen LogP contribution in [0.1, 0.15) is 39.5 Å². The van der Waals surface area contributed by atoms with Gasteiger partial charge in [-0.3, -0.25) is 4.79 Å². The molecular weight excluding hydrogens is 480 g/mol. The first-order chi connectivity index (χ1) is 16.2. The highest BCUT2D eigenvalue weighted by molar-refractivity contribution is 7.89. The second kappa shape index (κ2) is 10.2. The zero-order valence-corrected chi connectivity index (χ0v) is 21.0. The first kappa shape index (κ1) is 25.0. The molecule has 1 aliphatic heterocycles. The molecule has 2 unspecified atom stereocenters. The molecule has 2 atom stereocenters. The number of hydrogen-bond acceptors (Lipinski definition) is 7. The van der Waals surface area contributed by atoms with Crippen LogP contribution in [-0.2, 0) is 10.0 Å². The first-order valence-electron chi connectivity index (χ1n) is 11.6. The SMILES string of the molecule is CC(C)S(=O)(=O)N1CCN(c2cnn(-c3cccc(Cl)c3)c(=O)c2OC2CCCC(O)C2)CC1. The van der Waals surface area contributed by atoms with E-state index in [4.69, 9.17) is 16.3 Å². The molecule has 2 heterocycles. The number of sulfonamides is 1. The number of ether oxygens (including phenoxy) is 1. The fraction of sp³-hybridized carbons (Fsp3) is 0.565. The Hall–Kier alpha value is -2.14. The van der Waals surface area contributed by atoms with Crippen LogP contribution < -0.4 is 15.2 Å².